The summed E-state index contributed by atoms with van der Waals surface area (Å²) in [6.45, 7) is 6.68. The van der Waals surface area contributed by atoms with E-state index in [1.807, 2.05) is 61.5 Å². The number of hydrogen-bond donors (Lipinski definition) is 0. The maximum Gasteiger partial charge on any atom is 0.232 e. The molecule has 0 N–H and O–H groups in total. The number of carbonyl (C=O) groups excluding carboxylic acids is 2. The number of para-hydroxylation sites is 2. The summed E-state index contributed by atoms with van der Waals surface area (Å²) in [6.07, 6.45) is 1.46. The largest absolute Gasteiger partial charge is 0.494 e. The molecule has 0 saturated heterocycles. The topological polar surface area (TPSA) is 46.6 Å². The predicted octanol–water partition coefficient (Wildman–Crippen LogP) is 5.25. The minimum Gasteiger partial charge on any atom is -0.494 e. The van der Waals surface area contributed by atoms with Crippen LogP contribution >= 0.6 is 0 Å². The van der Waals surface area contributed by atoms with Crippen molar-refractivity contribution in [3.63, 3.8) is 0 Å². The van der Waals surface area contributed by atoms with Crippen LogP contribution < -0.4 is 9.64 Å². The van der Waals surface area contributed by atoms with Crippen molar-refractivity contribution in [3.8, 4) is 5.75 Å². The molecule has 0 radical (unpaired) electrons. The molecule has 150 valence electrons. The number of nitrogens with zero attached hydrogens (tertiary/aromatic N) is 1. The summed E-state index contributed by atoms with van der Waals surface area (Å²) in [5, 5.41) is 0. The van der Waals surface area contributed by atoms with E-state index in [2.05, 4.69) is 13.8 Å². The van der Waals surface area contributed by atoms with Crippen LogP contribution in [-0.4, -0.2) is 18.3 Å². The summed E-state index contributed by atoms with van der Waals surface area (Å²) >= 11 is 0. The Balaban J connectivity index is 1.90. The van der Waals surface area contributed by atoms with Crippen LogP contribution in [0.5, 0.6) is 5.75 Å². The van der Waals surface area contributed by atoms with Gasteiger partial charge in [-0.2, -0.15) is 0 Å². The normalized spacial score (nSPS) is 21.2. The first-order chi connectivity index (χ1) is 13.9. The number of benzene rings is 2. The van der Waals surface area contributed by atoms with E-state index in [-0.39, 0.29) is 29.4 Å². The minimum absolute atomic E-state index is 0.0248. The molecule has 0 aromatic heterocycles. The first-order valence-electron chi connectivity index (χ1n) is 10.3. The molecule has 0 spiro atoms. The molecule has 29 heavy (non-hydrogen) atoms. The van der Waals surface area contributed by atoms with Gasteiger partial charge in [-0.15, -0.1) is 0 Å². The number of allylic oxidation sites excluding steroid dienone is 2. The van der Waals surface area contributed by atoms with E-state index in [4.69, 9.17) is 4.74 Å². The van der Waals surface area contributed by atoms with Crippen LogP contribution in [0.1, 0.15) is 51.5 Å². The molecule has 1 aliphatic heterocycles. The van der Waals surface area contributed by atoms with Crippen molar-refractivity contribution in [2.24, 2.45) is 5.41 Å². The van der Waals surface area contributed by atoms with Crippen LogP contribution in [0.3, 0.4) is 0 Å². The van der Waals surface area contributed by atoms with Crippen LogP contribution in [0.2, 0.25) is 0 Å². The van der Waals surface area contributed by atoms with Gasteiger partial charge in [0.2, 0.25) is 5.91 Å². The van der Waals surface area contributed by atoms with Gasteiger partial charge in [0.25, 0.3) is 0 Å². The summed E-state index contributed by atoms with van der Waals surface area (Å²) in [6, 6.07) is 17.4. The maximum atomic E-state index is 13.4. The highest BCUT2D eigenvalue weighted by Crippen LogP contribution is 2.49. The fourth-order valence-electron chi connectivity index (χ4n) is 4.61. The van der Waals surface area contributed by atoms with Crippen molar-refractivity contribution in [3.05, 3.63) is 71.4 Å². The highest BCUT2D eigenvalue weighted by molar-refractivity contribution is 6.07. The Hall–Kier alpha value is -2.88. The standard InChI is InChI=1S/C25H27NO3/c1-4-29-22-13-9-8-12-18(22)19-14-23(28)26(17-10-6-5-7-11-17)20-15-25(2,3)16-21(27)24(19)20/h5-13,19H,4,14-16H2,1-3H3. The van der Waals surface area contributed by atoms with Crippen molar-refractivity contribution < 1.29 is 14.3 Å². The number of ketones is 1. The molecule has 4 heteroatoms. The second kappa shape index (κ2) is 7.51. The van der Waals surface area contributed by atoms with E-state index in [1.54, 1.807) is 4.90 Å². The molecule has 0 bridgehead atoms. The van der Waals surface area contributed by atoms with Crippen molar-refractivity contribution >= 4 is 17.4 Å². The highest BCUT2D eigenvalue weighted by Gasteiger charge is 2.44. The molecule has 1 aliphatic carbocycles. The average Bonchev–Trinajstić information content (AvgIpc) is 2.67. The van der Waals surface area contributed by atoms with Gasteiger partial charge in [0.05, 0.1) is 6.61 Å². The monoisotopic (exact) mass is 389 g/mol. The first-order valence-corrected chi connectivity index (χ1v) is 10.3. The lowest BCUT2D eigenvalue weighted by atomic mass is 9.69. The molecule has 1 unspecified atom stereocenters. The highest BCUT2D eigenvalue weighted by atomic mass is 16.5. The van der Waals surface area contributed by atoms with Gasteiger partial charge >= 0.3 is 0 Å². The Morgan fingerprint density at radius 3 is 2.41 bits per heavy atom. The van der Waals surface area contributed by atoms with E-state index in [0.717, 1.165) is 28.3 Å². The van der Waals surface area contributed by atoms with Gasteiger partial charge < -0.3 is 4.74 Å². The third-order valence-electron chi connectivity index (χ3n) is 5.75. The molecule has 2 aromatic carbocycles. The van der Waals surface area contributed by atoms with Crippen molar-refractivity contribution in [2.45, 2.75) is 46.0 Å². The number of hydrogen-bond acceptors (Lipinski definition) is 3. The van der Waals surface area contributed by atoms with Gasteiger partial charge in [0.1, 0.15) is 5.75 Å². The molecular formula is C25H27NO3. The minimum atomic E-state index is -0.260. The van der Waals surface area contributed by atoms with Gasteiger partial charge in [-0.25, -0.2) is 0 Å². The Bertz CT molecular complexity index is 975. The van der Waals surface area contributed by atoms with Crippen LogP contribution in [-0.2, 0) is 9.59 Å². The van der Waals surface area contributed by atoms with Crippen LogP contribution in [0.25, 0.3) is 0 Å². The summed E-state index contributed by atoms with van der Waals surface area (Å²) in [5.74, 6) is 0.659. The molecule has 1 heterocycles. The van der Waals surface area contributed by atoms with Gasteiger partial charge in [-0.05, 0) is 37.0 Å². The number of Topliss-reactive ketones (excluding diaryl/α,β-unsaturated/α-hetero) is 1. The number of anilines is 1. The fourth-order valence-corrected chi connectivity index (χ4v) is 4.61. The molecule has 4 rings (SSSR count). The molecule has 0 fully saturated rings. The Morgan fingerprint density at radius 1 is 1.00 bits per heavy atom. The Morgan fingerprint density at radius 2 is 1.69 bits per heavy atom. The molecule has 2 aromatic rings. The maximum absolute atomic E-state index is 13.4. The summed E-state index contributed by atoms with van der Waals surface area (Å²) in [5.41, 5.74) is 3.21. The zero-order valence-corrected chi connectivity index (χ0v) is 17.3. The SMILES string of the molecule is CCOc1ccccc1C1CC(=O)N(c2ccccc2)C2=C1C(=O)CC(C)(C)C2. The molecule has 1 atom stereocenters. The molecule has 1 amide bonds. The van der Waals surface area contributed by atoms with E-state index >= 15 is 0 Å². The molecule has 2 aliphatic rings. The Kier molecular flexibility index (Phi) is 5.03. The van der Waals surface area contributed by atoms with Gasteiger partial charge in [-0.1, -0.05) is 50.2 Å². The lowest BCUT2D eigenvalue weighted by Gasteiger charge is -2.43. The van der Waals surface area contributed by atoms with Gasteiger partial charge in [-0.3, -0.25) is 14.5 Å². The molecule has 4 nitrogen and oxygen atoms in total. The van der Waals surface area contributed by atoms with Crippen LogP contribution in [0.4, 0.5) is 5.69 Å². The summed E-state index contributed by atoms with van der Waals surface area (Å²) < 4.78 is 5.83. The third kappa shape index (κ3) is 3.59. The van der Waals surface area contributed by atoms with E-state index in [0.29, 0.717) is 19.4 Å². The number of carbonyl (C=O) groups is 2. The lowest BCUT2D eigenvalue weighted by molar-refractivity contribution is -0.121. The first kappa shape index (κ1) is 19.4. The zero-order valence-electron chi connectivity index (χ0n) is 17.3. The van der Waals surface area contributed by atoms with Crippen molar-refractivity contribution in [2.75, 3.05) is 11.5 Å². The zero-order chi connectivity index (χ0) is 20.6. The van der Waals surface area contributed by atoms with E-state index in [1.165, 1.54) is 0 Å². The Labute approximate surface area is 172 Å². The number of ether oxygens (including phenoxy) is 1. The lowest BCUT2D eigenvalue weighted by Crippen LogP contribution is -2.43. The third-order valence-corrected chi connectivity index (χ3v) is 5.75. The van der Waals surface area contributed by atoms with Crippen LogP contribution in [0, 0.1) is 5.41 Å². The van der Waals surface area contributed by atoms with Crippen molar-refractivity contribution in [1.82, 2.24) is 0 Å². The van der Waals surface area contributed by atoms with E-state index in [9.17, 15) is 9.59 Å². The number of amides is 1. The smallest absolute Gasteiger partial charge is 0.232 e. The molecular weight excluding hydrogens is 362 g/mol. The summed E-state index contributed by atoms with van der Waals surface area (Å²) in [4.78, 5) is 28.5. The van der Waals surface area contributed by atoms with Gasteiger partial charge in [0, 0.05) is 41.3 Å². The fraction of sp³-hybridized carbons (Fsp3) is 0.360. The quantitative estimate of drug-likeness (QED) is 0.718. The van der Waals surface area contributed by atoms with Crippen LogP contribution in [0.15, 0.2) is 65.9 Å². The van der Waals surface area contributed by atoms with Gasteiger partial charge in [0.15, 0.2) is 5.78 Å². The second-order valence-electron chi connectivity index (χ2n) is 8.59. The van der Waals surface area contributed by atoms with E-state index < -0.39 is 0 Å². The molecule has 0 saturated carbocycles. The summed E-state index contributed by atoms with van der Waals surface area (Å²) in [7, 11) is 0. The number of rotatable bonds is 4. The predicted molar refractivity (Wildman–Crippen MR) is 114 cm³/mol. The second-order valence-corrected chi connectivity index (χ2v) is 8.59. The average molecular weight is 389 g/mol. The van der Waals surface area contributed by atoms with Crippen molar-refractivity contribution in [1.29, 1.82) is 0 Å².